The minimum atomic E-state index is -4.42. The van der Waals surface area contributed by atoms with Gasteiger partial charge in [0.1, 0.15) is 6.10 Å². The monoisotopic (exact) mass is 547 g/mol. The highest BCUT2D eigenvalue weighted by atomic mass is 28.4. The molecule has 1 N–H and O–H groups in total. The Kier molecular flexibility index (Phi) is 7.74. The summed E-state index contributed by atoms with van der Waals surface area (Å²) in [5, 5.41) is 11.6. The van der Waals surface area contributed by atoms with Crippen LogP contribution < -0.4 is 0 Å². The van der Waals surface area contributed by atoms with E-state index >= 15 is 0 Å². The third-order valence-corrected chi connectivity index (χ3v) is 13.9. The van der Waals surface area contributed by atoms with Gasteiger partial charge in [-0.1, -0.05) is 59.6 Å². The average Bonchev–Trinajstić information content (AvgIpc) is 3.23. The van der Waals surface area contributed by atoms with E-state index in [4.69, 9.17) is 9.41 Å². The van der Waals surface area contributed by atoms with E-state index in [-0.39, 0.29) is 22.5 Å². The number of hydrogen-bond donors (Lipinski definition) is 1. The van der Waals surface area contributed by atoms with Crippen LogP contribution in [0.2, 0.25) is 18.1 Å². The zero-order valence-corrected chi connectivity index (χ0v) is 25.2. The van der Waals surface area contributed by atoms with Crippen molar-refractivity contribution in [2.45, 2.75) is 123 Å². The predicted molar refractivity (Wildman–Crippen MR) is 149 cm³/mol. The van der Waals surface area contributed by atoms with Crippen molar-refractivity contribution in [1.29, 1.82) is 0 Å². The van der Waals surface area contributed by atoms with Crippen LogP contribution in [0, 0.1) is 12.3 Å². The Bertz CT molecular complexity index is 1160. The molecule has 1 aromatic heterocycles. The largest absolute Gasteiger partial charge is 0.416 e. The second-order valence-electron chi connectivity index (χ2n) is 13.5. The van der Waals surface area contributed by atoms with Crippen LogP contribution in [0.5, 0.6) is 0 Å². The van der Waals surface area contributed by atoms with Crippen molar-refractivity contribution in [3.8, 4) is 0 Å². The topological polar surface area (TPSA) is 42.4 Å². The molecule has 1 saturated carbocycles. The first kappa shape index (κ1) is 29.3. The van der Waals surface area contributed by atoms with E-state index in [0.717, 1.165) is 47.5 Å². The van der Waals surface area contributed by atoms with Crippen LogP contribution in [0.15, 0.2) is 24.3 Å². The number of aliphatic hydroxyl groups excluding tert-OH is 1. The van der Waals surface area contributed by atoms with Crippen LogP contribution in [-0.4, -0.2) is 18.4 Å². The Morgan fingerprint density at radius 1 is 1.05 bits per heavy atom. The highest BCUT2D eigenvalue weighted by molar-refractivity contribution is 6.74. The first-order valence-electron chi connectivity index (χ1n) is 14.0. The molecule has 1 fully saturated rings. The number of nitrogens with zero attached hydrogens (tertiary/aromatic N) is 1. The highest BCUT2D eigenvalue weighted by Crippen LogP contribution is 2.55. The summed E-state index contributed by atoms with van der Waals surface area (Å²) in [4.78, 5) is 5.23. The third kappa shape index (κ3) is 5.48. The van der Waals surface area contributed by atoms with E-state index < -0.39 is 26.2 Å². The molecule has 2 aliphatic rings. The summed E-state index contributed by atoms with van der Waals surface area (Å²) in [6, 6.07) is 4.85. The van der Waals surface area contributed by atoms with E-state index in [1.54, 1.807) is 0 Å². The smallest absolute Gasteiger partial charge is 0.410 e. The minimum absolute atomic E-state index is 0.0508. The van der Waals surface area contributed by atoms with Crippen molar-refractivity contribution < 1.29 is 22.7 Å². The number of fused-ring (bicyclic) bond motifs is 1. The normalized spacial score (nSPS) is 20.7. The SMILES string of the molecule is Cc1c2c(nc(C(C)C)c1[C@H](O)c1ccc(C(F)(F)F)cc1)CC1(CCCC1)CC2O[Si](C)(C)C(C)(C)C. The maximum atomic E-state index is 13.2. The number of aromatic nitrogens is 1. The highest BCUT2D eigenvalue weighted by Gasteiger charge is 2.47. The standard InChI is InChI=1S/C31H44F3NO2Si/c1-19(2)27-26(28(36)21-11-13-22(14-12-21)31(32,33)34)20(3)25-23(35-27)17-30(15-9-10-16-30)18-24(25)37-38(7,8)29(4,5)6/h11-14,19,24,28,36H,9-10,15-18H2,1-8H3/t24?,28-/m1/s1. The van der Waals surface area contributed by atoms with Crippen LogP contribution in [0.3, 0.4) is 0 Å². The predicted octanol–water partition coefficient (Wildman–Crippen LogP) is 9.18. The maximum absolute atomic E-state index is 13.2. The van der Waals surface area contributed by atoms with E-state index in [0.29, 0.717) is 11.1 Å². The van der Waals surface area contributed by atoms with Gasteiger partial charge in [-0.05, 0) is 85.3 Å². The molecular weight excluding hydrogens is 503 g/mol. The first-order valence-corrected chi connectivity index (χ1v) is 16.9. The lowest BCUT2D eigenvalue weighted by atomic mass is 9.69. The molecule has 38 heavy (non-hydrogen) atoms. The van der Waals surface area contributed by atoms with Gasteiger partial charge in [-0.15, -0.1) is 0 Å². The van der Waals surface area contributed by atoms with Gasteiger partial charge in [-0.25, -0.2) is 0 Å². The van der Waals surface area contributed by atoms with Gasteiger partial charge >= 0.3 is 6.18 Å². The van der Waals surface area contributed by atoms with Crippen LogP contribution in [0.25, 0.3) is 0 Å². The van der Waals surface area contributed by atoms with Crippen molar-refractivity contribution in [1.82, 2.24) is 4.98 Å². The van der Waals surface area contributed by atoms with E-state index in [9.17, 15) is 18.3 Å². The Balaban J connectivity index is 1.86. The third-order valence-electron chi connectivity index (χ3n) is 9.41. The van der Waals surface area contributed by atoms with Crippen molar-refractivity contribution in [2.24, 2.45) is 5.41 Å². The molecule has 1 heterocycles. The first-order chi connectivity index (χ1) is 17.5. The fraction of sp³-hybridized carbons (Fsp3) is 0.645. The molecule has 2 atom stereocenters. The number of rotatable bonds is 5. The van der Waals surface area contributed by atoms with Crippen molar-refractivity contribution in [2.75, 3.05) is 0 Å². The number of benzene rings is 1. The molecule has 3 nitrogen and oxygen atoms in total. The Hall–Kier alpha value is -1.70. The molecule has 2 aromatic rings. The number of aliphatic hydroxyl groups is 1. The lowest BCUT2D eigenvalue weighted by Gasteiger charge is -2.46. The van der Waals surface area contributed by atoms with Crippen LogP contribution in [-0.2, 0) is 17.0 Å². The zero-order chi connectivity index (χ0) is 28.3. The second-order valence-corrected chi connectivity index (χ2v) is 18.3. The van der Waals surface area contributed by atoms with Gasteiger partial charge < -0.3 is 9.53 Å². The fourth-order valence-electron chi connectivity index (χ4n) is 6.25. The number of pyridine rings is 1. The van der Waals surface area contributed by atoms with Gasteiger partial charge in [0.05, 0.1) is 11.7 Å². The zero-order valence-electron chi connectivity index (χ0n) is 24.2. The molecule has 2 aliphatic carbocycles. The Morgan fingerprint density at radius 3 is 2.13 bits per heavy atom. The molecule has 0 bridgehead atoms. The summed E-state index contributed by atoms with van der Waals surface area (Å²) in [7, 11) is -2.12. The van der Waals surface area contributed by atoms with Crippen molar-refractivity contribution in [3.63, 3.8) is 0 Å². The summed E-state index contributed by atoms with van der Waals surface area (Å²) in [6.07, 6.45) is 1.18. The Morgan fingerprint density at radius 2 is 1.63 bits per heavy atom. The number of hydrogen-bond acceptors (Lipinski definition) is 3. The van der Waals surface area contributed by atoms with Crippen LogP contribution in [0.4, 0.5) is 13.2 Å². The lowest BCUT2D eigenvalue weighted by molar-refractivity contribution is -0.137. The molecule has 1 unspecified atom stereocenters. The average molecular weight is 548 g/mol. The van der Waals surface area contributed by atoms with E-state index in [1.165, 1.54) is 37.8 Å². The van der Waals surface area contributed by atoms with Crippen molar-refractivity contribution >= 4 is 8.32 Å². The minimum Gasteiger partial charge on any atom is -0.410 e. The van der Waals surface area contributed by atoms with Gasteiger partial charge in [0.2, 0.25) is 0 Å². The van der Waals surface area contributed by atoms with Gasteiger partial charge in [0.15, 0.2) is 8.32 Å². The number of alkyl halides is 3. The summed E-state index contributed by atoms with van der Waals surface area (Å²) in [5.41, 5.74) is 4.63. The molecular formula is C31H44F3NO2Si. The van der Waals surface area contributed by atoms with E-state index in [1.807, 2.05) is 6.92 Å². The lowest BCUT2D eigenvalue weighted by Crippen LogP contribution is -2.44. The van der Waals surface area contributed by atoms with Crippen molar-refractivity contribution in [3.05, 3.63) is 63.5 Å². The number of halogens is 3. The molecule has 0 amide bonds. The quantitative estimate of drug-likeness (QED) is 0.380. The van der Waals surface area contributed by atoms with Crippen LogP contribution in [0.1, 0.15) is 124 Å². The fourth-order valence-corrected chi connectivity index (χ4v) is 7.52. The molecule has 210 valence electrons. The molecule has 0 saturated heterocycles. The Labute approximate surface area is 227 Å². The molecule has 0 radical (unpaired) electrons. The second kappa shape index (κ2) is 10.0. The van der Waals surface area contributed by atoms with E-state index in [2.05, 4.69) is 47.7 Å². The van der Waals surface area contributed by atoms with Gasteiger partial charge in [-0.3, -0.25) is 4.98 Å². The molecule has 1 aromatic carbocycles. The summed E-state index contributed by atoms with van der Waals surface area (Å²) in [5.74, 6) is 0.0549. The molecule has 0 aliphatic heterocycles. The molecule has 4 rings (SSSR count). The summed E-state index contributed by atoms with van der Waals surface area (Å²) < 4.78 is 46.6. The maximum Gasteiger partial charge on any atom is 0.416 e. The van der Waals surface area contributed by atoms with Gasteiger partial charge in [0.25, 0.3) is 0 Å². The van der Waals surface area contributed by atoms with Gasteiger partial charge in [0, 0.05) is 22.5 Å². The summed E-state index contributed by atoms with van der Waals surface area (Å²) >= 11 is 0. The van der Waals surface area contributed by atoms with Crippen LogP contribution >= 0.6 is 0 Å². The molecule has 1 spiro atoms. The molecule has 7 heteroatoms. The van der Waals surface area contributed by atoms with Gasteiger partial charge in [-0.2, -0.15) is 13.2 Å². The summed E-state index contributed by atoms with van der Waals surface area (Å²) in [6.45, 7) is 17.5.